The summed E-state index contributed by atoms with van der Waals surface area (Å²) in [6.07, 6.45) is 5.69. The maximum atomic E-state index is 5.62. The van der Waals surface area contributed by atoms with Crippen LogP contribution in [0, 0.1) is 5.41 Å². The third-order valence-corrected chi connectivity index (χ3v) is 4.68. The van der Waals surface area contributed by atoms with Crippen molar-refractivity contribution in [2.24, 2.45) is 11.3 Å². The number of hydrogen-bond acceptors (Lipinski definition) is 5. The van der Waals surface area contributed by atoms with E-state index in [2.05, 4.69) is 24.3 Å². The minimum absolute atomic E-state index is 0.466. The summed E-state index contributed by atoms with van der Waals surface area (Å²) >= 11 is 0. The topological polar surface area (TPSA) is 73.1 Å². The van der Waals surface area contributed by atoms with Crippen LogP contribution in [-0.2, 0) is 17.8 Å². The van der Waals surface area contributed by atoms with Gasteiger partial charge in [-0.15, -0.1) is 0 Å². The SMILES string of the molecule is CC1(C)CCC(c2nc3c(c(NN)n2)COCC3)CC1. The van der Waals surface area contributed by atoms with E-state index in [1.807, 2.05) is 0 Å². The fourth-order valence-corrected chi connectivity index (χ4v) is 3.21. The smallest absolute Gasteiger partial charge is 0.149 e. The van der Waals surface area contributed by atoms with Crippen molar-refractivity contribution in [1.29, 1.82) is 0 Å². The predicted molar refractivity (Wildman–Crippen MR) is 78.2 cm³/mol. The number of fused-ring (bicyclic) bond motifs is 1. The van der Waals surface area contributed by atoms with Crippen molar-refractivity contribution < 1.29 is 4.74 Å². The van der Waals surface area contributed by atoms with Crippen LogP contribution in [0.2, 0.25) is 0 Å². The van der Waals surface area contributed by atoms with Gasteiger partial charge in [-0.25, -0.2) is 15.8 Å². The Bertz CT molecular complexity index is 474. The number of nitrogens with one attached hydrogen (secondary N) is 1. The lowest BCUT2D eigenvalue weighted by Gasteiger charge is -2.34. The molecule has 0 atom stereocenters. The first-order valence-electron chi connectivity index (χ1n) is 7.53. The van der Waals surface area contributed by atoms with E-state index in [1.54, 1.807) is 0 Å². The van der Waals surface area contributed by atoms with Crippen LogP contribution in [-0.4, -0.2) is 16.6 Å². The number of nitrogen functional groups attached to an aromatic ring is 1. The molecule has 2 heterocycles. The number of ether oxygens (including phenoxy) is 1. The molecule has 5 heteroatoms. The lowest BCUT2D eigenvalue weighted by molar-refractivity contribution is 0.109. The number of hydrogen-bond donors (Lipinski definition) is 2. The number of nitrogens with two attached hydrogens (primary N) is 1. The average Bonchev–Trinajstić information content (AvgIpc) is 2.46. The standard InChI is InChI=1S/C15H24N4O/c1-15(2)6-3-10(4-7-15)13-17-12-5-8-20-9-11(12)14(18-13)19-16/h10H,3-9,16H2,1-2H3,(H,17,18,19). The van der Waals surface area contributed by atoms with Crippen molar-refractivity contribution in [2.45, 2.75) is 58.5 Å². The third-order valence-electron chi connectivity index (χ3n) is 4.68. The highest BCUT2D eigenvalue weighted by atomic mass is 16.5. The Morgan fingerprint density at radius 2 is 2.00 bits per heavy atom. The van der Waals surface area contributed by atoms with Gasteiger partial charge in [0.2, 0.25) is 0 Å². The van der Waals surface area contributed by atoms with Crippen LogP contribution in [0.25, 0.3) is 0 Å². The molecular weight excluding hydrogens is 252 g/mol. The number of aromatic nitrogens is 2. The Hall–Kier alpha value is -1.20. The fourth-order valence-electron chi connectivity index (χ4n) is 3.21. The zero-order valence-electron chi connectivity index (χ0n) is 12.4. The quantitative estimate of drug-likeness (QED) is 0.641. The van der Waals surface area contributed by atoms with Crippen molar-refractivity contribution in [3.63, 3.8) is 0 Å². The molecule has 1 aromatic rings. The molecule has 1 aromatic heterocycles. The predicted octanol–water partition coefficient (Wildman–Crippen LogP) is 2.52. The van der Waals surface area contributed by atoms with E-state index in [0.29, 0.717) is 17.9 Å². The summed E-state index contributed by atoms with van der Waals surface area (Å²) in [5.41, 5.74) is 5.32. The summed E-state index contributed by atoms with van der Waals surface area (Å²) in [5, 5.41) is 0. The Balaban J connectivity index is 1.87. The van der Waals surface area contributed by atoms with E-state index in [1.165, 1.54) is 25.7 Å². The third kappa shape index (κ3) is 2.65. The lowest BCUT2D eigenvalue weighted by atomic mass is 9.73. The molecule has 0 aromatic carbocycles. The summed E-state index contributed by atoms with van der Waals surface area (Å²) in [6, 6.07) is 0. The Kier molecular flexibility index (Phi) is 3.65. The van der Waals surface area contributed by atoms with E-state index in [0.717, 1.165) is 35.9 Å². The molecule has 0 saturated heterocycles. The molecule has 3 rings (SSSR count). The first-order valence-corrected chi connectivity index (χ1v) is 7.53. The van der Waals surface area contributed by atoms with Crippen LogP contribution in [0.3, 0.4) is 0 Å². The van der Waals surface area contributed by atoms with E-state index >= 15 is 0 Å². The van der Waals surface area contributed by atoms with Gasteiger partial charge in [-0.1, -0.05) is 13.8 Å². The molecule has 1 fully saturated rings. The van der Waals surface area contributed by atoms with Crippen molar-refractivity contribution in [3.05, 3.63) is 17.1 Å². The summed E-state index contributed by atoms with van der Waals surface area (Å²) < 4.78 is 5.48. The summed E-state index contributed by atoms with van der Waals surface area (Å²) in [6.45, 7) is 6.00. The Morgan fingerprint density at radius 3 is 2.70 bits per heavy atom. The molecule has 0 amide bonds. The molecule has 1 aliphatic heterocycles. The van der Waals surface area contributed by atoms with E-state index in [-0.39, 0.29) is 0 Å². The molecule has 110 valence electrons. The Labute approximate surface area is 120 Å². The molecule has 3 N–H and O–H groups in total. The van der Waals surface area contributed by atoms with Gasteiger partial charge in [-0.3, -0.25) is 0 Å². The number of hydrazine groups is 1. The minimum Gasteiger partial charge on any atom is -0.376 e. The van der Waals surface area contributed by atoms with Crippen molar-refractivity contribution in [2.75, 3.05) is 12.0 Å². The largest absolute Gasteiger partial charge is 0.376 e. The molecule has 20 heavy (non-hydrogen) atoms. The molecular formula is C15H24N4O. The van der Waals surface area contributed by atoms with E-state index in [9.17, 15) is 0 Å². The molecule has 1 saturated carbocycles. The zero-order valence-corrected chi connectivity index (χ0v) is 12.4. The minimum atomic E-state index is 0.466. The van der Waals surface area contributed by atoms with E-state index in [4.69, 9.17) is 15.6 Å². The first kappa shape index (κ1) is 13.8. The van der Waals surface area contributed by atoms with Crippen LogP contribution < -0.4 is 11.3 Å². The second-order valence-electron chi connectivity index (χ2n) is 6.74. The zero-order chi connectivity index (χ0) is 14.2. The molecule has 0 unspecified atom stereocenters. The van der Waals surface area contributed by atoms with E-state index < -0.39 is 0 Å². The maximum Gasteiger partial charge on any atom is 0.149 e. The number of anilines is 1. The highest BCUT2D eigenvalue weighted by Crippen LogP contribution is 2.42. The Morgan fingerprint density at radius 1 is 1.25 bits per heavy atom. The second-order valence-corrected chi connectivity index (χ2v) is 6.74. The van der Waals surface area contributed by atoms with Crippen molar-refractivity contribution in [3.8, 4) is 0 Å². The first-order chi connectivity index (χ1) is 9.59. The normalized spacial score (nSPS) is 22.4. The summed E-state index contributed by atoms with van der Waals surface area (Å²) in [4.78, 5) is 9.46. The monoisotopic (exact) mass is 276 g/mol. The van der Waals surface area contributed by atoms with Gasteiger partial charge < -0.3 is 10.2 Å². The molecule has 1 aliphatic carbocycles. The number of nitrogens with zero attached hydrogens (tertiary/aromatic N) is 2. The van der Waals surface area contributed by atoms with Gasteiger partial charge in [0.15, 0.2) is 0 Å². The maximum absolute atomic E-state index is 5.62. The van der Waals surface area contributed by atoms with Crippen LogP contribution in [0.15, 0.2) is 0 Å². The second kappa shape index (κ2) is 5.30. The van der Waals surface area contributed by atoms with Gasteiger partial charge in [0.05, 0.1) is 18.9 Å². The summed E-state index contributed by atoms with van der Waals surface area (Å²) in [5.74, 6) is 7.81. The lowest BCUT2D eigenvalue weighted by Crippen LogP contribution is -2.24. The molecule has 2 aliphatic rings. The van der Waals surface area contributed by atoms with Gasteiger partial charge in [-0.2, -0.15) is 0 Å². The van der Waals surface area contributed by atoms with Crippen molar-refractivity contribution in [1.82, 2.24) is 9.97 Å². The highest BCUT2D eigenvalue weighted by Gasteiger charge is 2.30. The molecule has 0 spiro atoms. The van der Waals surface area contributed by atoms with Crippen LogP contribution in [0.5, 0.6) is 0 Å². The average molecular weight is 276 g/mol. The number of rotatable bonds is 2. The molecule has 0 bridgehead atoms. The molecule has 5 nitrogen and oxygen atoms in total. The summed E-state index contributed by atoms with van der Waals surface area (Å²) in [7, 11) is 0. The van der Waals surface area contributed by atoms with Crippen LogP contribution >= 0.6 is 0 Å². The van der Waals surface area contributed by atoms with Crippen LogP contribution in [0.1, 0.15) is 62.5 Å². The van der Waals surface area contributed by atoms with Crippen LogP contribution in [0.4, 0.5) is 5.82 Å². The fraction of sp³-hybridized carbons (Fsp3) is 0.733. The van der Waals surface area contributed by atoms with Gasteiger partial charge in [-0.05, 0) is 31.1 Å². The van der Waals surface area contributed by atoms with Crippen molar-refractivity contribution >= 4 is 5.82 Å². The molecule has 0 radical (unpaired) electrons. The van der Waals surface area contributed by atoms with Gasteiger partial charge in [0.25, 0.3) is 0 Å². The highest BCUT2D eigenvalue weighted by molar-refractivity contribution is 5.46. The van der Waals surface area contributed by atoms with Gasteiger partial charge in [0, 0.05) is 17.9 Å². The van der Waals surface area contributed by atoms with Gasteiger partial charge in [0.1, 0.15) is 11.6 Å². The van der Waals surface area contributed by atoms with Gasteiger partial charge >= 0.3 is 0 Å².